The summed E-state index contributed by atoms with van der Waals surface area (Å²) in [5, 5.41) is 5.26. The fraction of sp³-hybridized carbons (Fsp3) is 0.0667. The number of primary amides is 1. The highest BCUT2D eigenvalue weighted by Gasteiger charge is 2.08. The van der Waals surface area contributed by atoms with Crippen LogP contribution in [0.3, 0.4) is 0 Å². The molecule has 2 rings (SSSR count). The summed E-state index contributed by atoms with van der Waals surface area (Å²) in [6, 6.07) is 11.6. The zero-order chi connectivity index (χ0) is 15.4. The number of hydrogen-bond acceptors (Lipinski definition) is 2. The van der Waals surface area contributed by atoms with E-state index in [0.29, 0.717) is 11.3 Å². The lowest BCUT2D eigenvalue weighted by Crippen LogP contribution is -2.19. The number of carbonyl (C=O) groups excluding carboxylic acids is 2. The van der Waals surface area contributed by atoms with Crippen LogP contribution in [0.25, 0.3) is 0 Å². The van der Waals surface area contributed by atoms with Crippen molar-refractivity contribution in [3.63, 3.8) is 0 Å². The number of halogens is 1. The number of rotatable bonds is 3. The summed E-state index contributed by atoms with van der Waals surface area (Å²) in [5.74, 6) is -0.247. The van der Waals surface area contributed by atoms with Crippen LogP contribution in [0, 0.1) is 10.5 Å². The Morgan fingerprint density at radius 3 is 2.43 bits per heavy atom. The van der Waals surface area contributed by atoms with Crippen LogP contribution in [0.1, 0.15) is 15.9 Å². The highest BCUT2D eigenvalue weighted by atomic mass is 127. The van der Waals surface area contributed by atoms with Crippen molar-refractivity contribution >= 4 is 45.9 Å². The van der Waals surface area contributed by atoms with Gasteiger partial charge in [0.25, 0.3) is 5.91 Å². The van der Waals surface area contributed by atoms with Gasteiger partial charge in [0.2, 0.25) is 0 Å². The molecule has 0 heterocycles. The second kappa shape index (κ2) is 6.57. The number of nitrogens with one attached hydrogen (secondary N) is 2. The molecular formula is C15H14IN3O2. The Labute approximate surface area is 136 Å². The number of amides is 3. The van der Waals surface area contributed by atoms with Gasteiger partial charge in [0.05, 0.1) is 0 Å². The van der Waals surface area contributed by atoms with Crippen LogP contribution in [0.2, 0.25) is 0 Å². The lowest BCUT2D eigenvalue weighted by Gasteiger charge is -2.08. The lowest BCUT2D eigenvalue weighted by atomic mass is 10.1. The maximum Gasteiger partial charge on any atom is 0.316 e. The first-order valence-electron chi connectivity index (χ1n) is 6.20. The molecule has 0 unspecified atom stereocenters. The zero-order valence-electron chi connectivity index (χ0n) is 11.3. The maximum atomic E-state index is 12.2. The molecule has 5 nitrogen and oxygen atoms in total. The standard InChI is InChI=1S/C15H14IN3O2/c1-9-5-6-12(8-13(9)16)18-14(20)10-3-2-4-11(7-10)19-15(17)21/h2-8H,1H3,(H,18,20)(H3,17,19,21). The third-order valence-corrected chi connectivity index (χ3v) is 3.98. The first kappa shape index (κ1) is 15.3. The van der Waals surface area contributed by atoms with Crippen LogP contribution in [0.5, 0.6) is 0 Å². The number of anilines is 2. The molecule has 108 valence electrons. The Bertz CT molecular complexity index is 701. The van der Waals surface area contributed by atoms with E-state index in [4.69, 9.17) is 5.73 Å². The molecule has 0 aliphatic carbocycles. The number of nitrogens with two attached hydrogens (primary N) is 1. The van der Waals surface area contributed by atoms with Crippen molar-refractivity contribution in [1.82, 2.24) is 0 Å². The van der Waals surface area contributed by atoms with Gasteiger partial charge in [0.15, 0.2) is 0 Å². The van der Waals surface area contributed by atoms with E-state index in [2.05, 4.69) is 33.2 Å². The normalized spacial score (nSPS) is 10.0. The van der Waals surface area contributed by atoms with Gasteiger partial charge in [-0.15, -0.1) is 0 Å². The SMILES string of the molecule is Cc1ccc(NC(=O)c2cccc(NC(N)=O)c2)cc1I. The van der Waals surface area contributed by atoms with Crippen LogP contribution in [-0.4, -0.2) is 11.9 Å². The van der Waals surface area contributed by atoms with Crippen LogP contribution < -0.4 is 16.4 Å². The second-order valence-corrected chi connectivity index (χ2v) is 5.65. The smallest absolute Gasteiger partial charge is 0.316 e. The van der Waals surface area contributed by atoms with Gasteiger partial charge in [-0.3, -0.25) is 4.79 Å². The molecule has 0 atom stereocenters. The van der Waals surface area contributed by atoms with Gasteiger partial charge in [-0.25, -0.2) is 4.79 Å². The Kier molecular flexibility index (Phi) is 4.79. The minimum absolute atomic E-state index is 0.247. The molecule has 0 spiro atoms. The average Bonchev–Trinajstić information content (AvgIpc) is 2.42. The van der Waals surface area contributed by atoms with Crippen molar-refractivity contribution in [1.29, 1.82) is 0 Å². The Morgan fingerprint density at radius 2 is 1.76 bits per heavy atom. The number of benzene rings is 2. The predicted octanol–water partition coefficient (Wildman–Crippen LogP) is 3.34. The first-order valence-corrected chi connectivity index (χ1v) is 7.27. The molecular weight excluding hydrogens is 381 g/mol. The van der Waals surface area contributed by atoms with Crippen LogP contribution in [-0.2, 0) is 0 Å². The third-order valence-electron chi connectivity index (χ3n) is 2.82. The van der Waals surface area contributed by atoms with Gasteiger partial charge in [0, 0.05) is 20.5 Å². The van der Waals surface area contributed by atoms with E-state index in [0.717, 1.165) is 14.8 Å². The number of hydrogen-bond donors (Lipinski definition) is 3. The lowest BCUT2D eigenvalue weighted by molar-refractivity contribution is 0.102. The Hall–Kier alpha value is -2.09. The van der Waals surface area contributed by atoms with E-state index in [-0.39, 0.29) is 5.91 Å². The summed E-state index contributed by atoms with van der Waals surface area (Å²) in [5.41, 5.74) is 7.85. The van der Waals surface area contributed by atoms with Gasteiger partial charge in [0.1, 0.15) is 0 Å². The van der Waals surface area contributed by atoms with E-state index < -0.39 is 6.03 Å². The summed E-state index contributed by atoms with van der Waals surface area (Å²) < 4.78 is 1.08. The van der Waals surface area contributed by atoms with E-state index >= 15 is 0 Å². The quantitative estimate of drug-likeness (QED) is 0.697. The molecule has 0 aliphatic heterocycles. The van der Waals surface area contributed by atoms with Crippen molar-refractivity contribution in [3.05, 3.63) is 57.2 Å². The topological polar surface area (TPSA) is 84.2 Å². The molecule has 0 fully saturated rings. The van der Waals surface area contributed by atoms with Gasteiger partial charge in [-0.05, 0) is 65.4 Å². The second-order valence-electron chi connectivity index (χ2n) is 4.49. The monoisotopic (exact) mass is 395 g/mol. The van der Waals surface area contributed by atoms with Gasteiger partial charge in [-0.1, -0.05) is 12.1 Å². The van der Waals surface area contributed by atoms with Crippen LogP contribution >= 0.6 is 22.6 Å². The molecule has 0 radical (unpaired) electrons. The van der Waals surface area contributed by atoms with Gasteiger partial charge < -0.3 is 16.4 Å². The largest absolute Gasteiger partial charge is 0.351 e. The zero-order valence-corrected chi connectivity index (χ0v) is 13.5. The van der Waals surface area contributed by atoms with E-state index in [1.165, 1.54) is 0 Å². The molecule has 2 aromatic carbocycles. The van der Waals surface area contributed by atoms with Crippen LogP contribution in [0.15, 0.2) is 42.5 Å². The molecule has 0 bridgehead atoms. The van der Waals surface area contributed by atoms with Crippen molar-refractivity contribution in [2.75, 3.05) is 10.6 Å². The van der Waals surface area contributed by atoms with Crippen molar-refractivity contribution < 1.29 is 9.59 Å². The molecule has 3 amide bonds. The summed E-state index contributed by atoms with van der Waals surface area (Å²) in [4.78, 5) is 23.0. The van der Waals surface area contributed by atoms with Gasteiger partial charge in [-0.2, -0.15) is 0 Å². The molecule has 0 saturated heterocycles. The fourth-order valence-electron chi connectivity index (χ4n) is 1.75. The Balaban J connectivity index is 2.16. The summed E-state index contributed by atoms with van der Waals surface area (Å²) >= 11 is 2.22. The highest BCUT2D eigenvalue weighted by Crippen LogP contribution is 2.18. The molecule has 0 aliphatic rings. The summed E-state index contributed by atoms with van der Waals surface area (Å²) in [7, 11) is 0. The molecule has 2 aromatic rings. The maximum absolute atomic E-state index is 12.2. The molecule has 0 aromatic heterocycles. The van der Waals surface area contributed by atoms with E-state index in [1.54, 1.807) is 24.3 Å². The van der Waals surface area contributed by atoms with Crippen molar-refractivity contribution in [3.8, 4) is 0 Å². The highest BCUT2D eigenvalue weighted by molar-refractivity contribution is 14.1. The molecule has 21 heavy (non-hydrogen) atoms. The minimum Gasteiger partial charge on any atom is -0.351 e. The third kappa shape index (κ3) is 4.19. The van der Waals surface area contributed by atoms with Crippen LogP contribution in [0.4, 0.5) is 16.2 Å². The van der Waals surface area contributed by atoms with Crippen molar-refractivity contribution in [2.45, 2.75) is 6.92 Å². The minimum atomic E-state index is -0.666. The molecule has 4 N–H and O–H groups in total. The number of urea groups is 1. The summed E-state index contributed by atoms with van der Waals surface area (Å²) in [6.07, 6.45) is 0. The number of aryl methyl sites for hydroxylation is 1. The summed E-state index contributed by atoms with van der Waals surface area (Å²) in [6.45, 7) is 2.01. The Morgan fingerprint density at radius 1 is 1.05 bits per heavy atom. The predicted molar refractivity (Wildman–Crippen MR) is 91.5 cm³/mol. The van der Waals surface area contributed by atoms with Crippen molar-refractivity contribution in [2.24, 2.45) is 5.73 Å². The molecule has 6 heteroatoms. The van der Waals surface area contributed by atoms with E-state index in [9.17, 15) is 9.59 Å². The first-order chi connectivity index (χ1) is 9.95. The molecule has 0 saturated carbocycles. The fourth-order valence-corrected chi connectivity index (χ4v) is 2.27. The van der Waals surface area contributed by atoms with E-state index in [1.807, 2.05) is 25.1 Å². The van der Waals surface area contributed by atoms with Gasteiger partial charge >= 0.3 is 6.03 Å². The average molecular weight is 395 g/mol. The number of carbonyl (C=O) groups is 2.